The summed E-state index contributed by atoms with van der Waals surface area (Å²) < 4.78 is 44.6. The van der Waals surface area contributed by atoms with Crippen molar-refractivity contribution >= 4 is 5.91 Å². The molecule has 0 heterocycles. The van der Waals surface area contributed by atoms with Crippen molar-refractivity contribution in [2.75, 3.05) is 13.7 Å². The monoisotopic (exact) mass is 365 g/mol. The Bertz CT molecular complexity index is 744. The van der Waals surface area contributed by atoms with Gasteiger partial charge in [-0.3, -0.25) is 4.79 Å². The van der Waals surface area contributed by atoms with Gasteiger partial charge in [0.05, 0.1) is 12.2 Å². The highest BCUT2D eigenvalue weighted by Crippen LogP contribution is 2.32. The summed E-state index contributed by atoms with van der Waals surface area (Å²) in [5, 5.41) is 0. The number of ether oxygens (including phenoxy) is 1. The number of amides is 1. The first-order valence-electron chi connectivity index (χ1n) is 8.36. The van der Waals surface area contributed by atoms with Crippen LogP contribution in [-0.2, 0) is 17.5 Å². The van der Waals surface area contributed by atoms with Gasteiger partial charge in [-0.1, -0.05) is 30.3 Å². The van der Waals surface area contributed by atoms with E-state index in [0.29, 0.717) is 13.0 Å². The first kappa shape index (κ1) is 19.8. The molecule has 2 aromatic rings. The Labute approximate surface area is 151 Å². The normalized spacial score (nSPS) is 11.3. The van der Waals surface area contributed by atoms with Gasteiger partial charge in [0.25, 0.3) is 0 Å². The van der Waals surface area contributed by atoms with Gasteiger partial charge in [-0.2, -0.15) is 13.2 Å². The minimum absolute atomic E-state index is 0.0761. The molecule has 0 spiro atoms. The summed E-state index contributed by atoms with van der Waals surface area (Å²) in [6, 6.07) is 12.9. The summed E-state index contributed by atoms with van der Waals surface area (Å²) in [7, 11) is 1.51. The number of benzene rings is 2. The lowest BCUT2D eigenvalue weighted by atomic mass is 10.1. The van der Waals surface area contributed by atoms with Crippen molar-refractivity contribution in [1.29, 1.82) is 0 Å². The first-order chi connectivity index (χ1) is 12.3. The van der Waals surface area contributed by atoms with Crippen LogP contribution in [0.2, 0.25) is 0 Å². The highest BCUT2D eigenvalue weighted by atomic mass is 19.4. The molecular formula is C20H22F3NO2. The summed E-state index contributed by atoms with van der Waals surface area (Å²) >= 11 is 0. The second-order valence-electron chi connectivity index (χ2n) is 6.17. The summed E-state index contributed by atoms with van der Waals surface area (Å²) in [6.45, 7) is 2.26. The van der Waals surface area contributed by atoms with Crippen LogP contribution in [0, 0.1) is 6.92 Å². The summed E-state index contributed by atoms with van der Waals surface area (Å²) in [4.78, 5) is 13.5. The van der Waals surface area contributed by atoms with Crippen LogP contribution >= 0.6 is 0 Å². The Morgan fingerprint density at radius 3 is 2.54 bits per heavy atom. The average Bonchev–Trinajstić information content (AvgIpc) is 2.58. The van der Waals surface area contributed by atoms with Gasteiger partial charge in [-0.05, 0) is 42.7 Å². The Morgan fingerprint density at radius 1 is 1.12 bits per heavy atom. The molecule has 3 nitrogen and oxygen atoms in total. The summed E-state index contributed by atoms with van der Waals surface area (Å²) in [6.07, 6.45) is -3.71. The lowest BCUT2D eigenvalue weighted by molar-refractivity contribution is -0.139. The summed E-state index contributed by atoms with van der Waals surface area (Å²) in [5.41, 5.74) is 0.468. The first-order valence-corrected chi connectivity index (χ1v) is 8.36. The largest absolute Gasteiger partial charge is 0.494 e. The molecule has 26 heavy (non-hydrogen) atoms. The highest BCUT2D eigenvalue weighted by Gasteiger charge is 2.33. The van der Waals surface area contributed by atoms with E-state index in [1.807, 2.05) is 31.2 Å². The fraction of sp³-hybridized carbons (Fsp3) is 0.350. The zero-order chi connectivity index (χ0) is 19.2. The minimum atomic E-state index is -4.43. The van der Waals surface area contributed by atoms with Gasteiger partial charge in [0.15, 0.2) is 0 Å². The van der Waals surface area contributed by atoms with Crippen molar-refractivity contribution in [3.8, 4) is 5.75 Å². The standard InChI is InChI=1S/C20H22F3NO2/c1-15-7-5-9-17(13-15)26-12-6-11-19(25)24(2)14-16-8-3-4-10-18(16)20(21,22)23/h3-5,7-10,13H,6,11-12,14H2,1-2H3. The molecule has 2 rings (SSSR count). The third kappa shape index (κ3) is 5.79. The number of alkyl halides is 3. The van der Waals surface area contributed by atoms with Crippen LogP contribution in [0.4, 0.5) is 13.2 Å². The molecule has 0 bridgehead atoms. The molecule has 0 fully saturated rings. The molecule has 0 N–H and O–H groups in total. The number of rotatable bonds is 7. The van der Waals surface area contributed by atoms with Gasteiger partial charge in [0.1, 0.15) is 5.75 Å². The molecule has 0 unspecified atom stereocenters. The van der Waals surface area contributed by atoms with E-state index in [0.717, 1.165) is 17.4 Å². The Hall–Kier alpha value is -2.50. The molecule has 0 atom stereocenters. The zero-order valence-corrected chi connectivity index (χ0v) is 14.8. The van der Waals surface area contributed by atoms with Crippen molar-refractivity contribution < 1.29 is 22.7 Å². The third-order valence-electron chi connectivity index (χ3n) is 3.95. The topological polar surface area (TPSA) is 29.5 Å². The molecule has 2 aromatic carbocycles. The number of carbonyl (C=O) groups excluding carboxylic acids is 1. The van der Waals surface area contributed by atoms with Crippen LogP contribution in [0.3, 0.4) is 0 Å². The Morgan fingerprint density at radius 2 is 1.85 bits per heavy atom. The molecule has 1 amide bonds. The Balaban J connectivity index is 1.83. The number of hydrogen-bond donors (Lipinski definition) is 0. The maximum atomic E-state index is 13.0. The van der Waals surface area contributed by atoms with Crippen LogP contribution in [0.25, 0.3) is 0 Å². The quantitative estimate of drug-likeness (QED) is 0.658. The fourth-order valence-corrected chi connectivity index (χ4v) is 2.59. The van der Waals surface area contributed by atoms with Crippen molar-refractivity contribution in [2.45, 2.75) is 32.5 Å². The Kier molecular flexibility index (Phi) is 6.66. The van der Waals surface area contributed by atoms with Crippen LogP contribution in [0.1, 0.15) is 29.5 Å². The summed E-state index contributed by atoms with van der Waals surface area (Å²) in [5.74, 6) is 0.528. The molecule has 0 aliphatic heterocycles. The predicted octanol–water partition coefficient (Wildman–Crippen LogP) is 4.83. The fourth-order valence-electron chi connectivity index (χ4n) is 2.59. The molecule has 6 heteroatoms. The van der Waals surface area contributed by atoms with E-state index in [4.69, 9.17) is 4.74 Å². The van der Waals surface area contributed by atoms with Gasteiger partial charge < -0.3 is 9.64 Å². The number of halogens is 3. The van der Waals surface area contributed by atoms with Gasteiger partial charge in [0.2, 0.25) is 5.91 Å². The second-order valence-corrected chi connectivity index (χ2v) is 6.17. The van der Waals surface area contributed by atoms with Crippen molar-refractivity contribution in [1.82, 2.24) is 4.90 Å². The van der Waals surface area contributed by atoms with Crippen LogP contribution in [0.15, 0.2) is 48.5 Å². The number of nitrogens with zero attached hydrogens (tertiary/aromatic N) is 1. The van der Waals surface area contributed by atoms with E-state index in [-0.39, 0.29) is 24.4 Å². The zero-order valence-electron chi connectivity index (χ0n) is 14.8. The van der Waals surface area contributed by atoms with E-state index in [1.54, 1.807) is 6.07 Å². The van der Waals surface area contributed by atoms with Gasteiger partial charge >= 0.3 is 6.18 Å². The number of aryl methyl sites for hydroxylation is 1. The SMILES string of the molecule is Cc1cccc(OCCCC(=O)N(C)Cc2ccccc2C(F)(F)F)c1. The number of hydrogen-bond acceptors (Lipinski definition) is 2. The van der Waals surface area contributed by atoms with Crippen molar-refractivity contribution in [3.05, 3.63) is 65.2 Å². The minimum Gasteiger partial charge on any atom is -0.494 e. The molecule has 0 saturated heterocycles. The van der Waals surface area contributed by atoms with Crippen molar-refractivity contribution in [2.24, 2.45) is 0 Å². The van der Waals surface area contributed by atoms with Crippen LogP contribution in [0.5, 0.6) is 5.75 Å². The molecule has 0 aliphatic carbocycles. The van der Waals surface area contributed by atoms with Gasteiger partial charge in [-0.25, -0.2) is 0 Å². The number of carbonyl (C=O) groups is 1. The molecule has 0 aromatic heterocycles. The second kappa shape index (κ2) is 8.74. The van der Waals surface area contributed by atoms with E-state index < -0.39 is 11.7 Å². The highest BCUT2D eigenvalue weighted by molar-refractivity contribution is 5.75. The predicted molar refractivity (Wildman–Crippen MR) is 93.8 cm³/mol. The van der Waals surface area contributed by atoms with Gasteiger partial charge in [-0.15, -0.1) is 0 Å². The van der Waals surface area contributed by atoms with E-state index in [9.17, 15) is 18.0 Å². The van der Waals surface area contributed by atoms with E-state index >= 15 is 0 Å². The molecule has 0 aliphatic rings. The lowest BCUT2D eigenvalue weighted by Gasteiger charge is -2.20. The van der Waals surface area contributed by atoms with Crippen molar-refractivity contribution in [3.63, 3.8) is 0 Å². The average molecular weight is 365 g/mol. The smallest absolute Gasteiger partial charge is 0.416 e. The van der Waals surface area contributed by atoms with E-state index in [2.05, 4.69) is 0 Å². The molecule has 0 saturated carbocycles. The maximum Gasteiger partial charge on any atom is 0.416 e. The molecule has 0 radical (unpaired) electrons. The van der Waals surface area contributed by atoms with Crippen LogP contribution in [-0.4, -0.2) is 24.5 Å². The lowest BCUT2D eigenvalue weighted by Crippen LogP contribution is -2.27. The van der Waals surface area contributed by atoms with Crippen LogP contribution < -0.4 is 4.74 Å². The third-order valence-corrected chi connectivity index (χ3v) is 3.95. The molecule has 140 valence electrons. The molecular weight excluding hydrogens is 343 g/mol. The van der Waals surface area contributed by atoms with Gasteiger partial charge in [0, 0.05) is 20.0 Å². The maximum absolute atomic E-state index is 13.0. The van der Waals surface area contributed by atoms with E-state index in [1.165, 1.54) is 24.1 Å².